The lowest BCUT2D eigenvalue weighted by Crippen LogP contribution is -2.13. The van der Waals surface area contributed by atoms with Crippen LogP contribution >= 0.6 is 0 Å². The first-order valence-corrected chi connectivity index (χ1v) is 7.64. The van der Waals surface area contributed by atoms with E-state index in [1.807, 2.05) is 38.1 Å². The Morgan fingerprint density at radius 1 is 1.16 bits per heavy atom. The van der Waals surface area contributed by atoms with Crippen LogP contribution in [-0.4, -0.2) is 12.5 Å². The van der Waals surface area contributed by atoms with Crippen LogP contribution in [0.5, 0.6) is 5.75 Å². The van der Waals surface area contributed by atoms with E-state index in [1.165, 1.54) is 6.08 Å². The minimum atomic E-state index is -0.499. The first kappa shape index (κ1) is 17.8. The number of hydrogen-bond acceptors (Lipinski definition) is 4. The van der Waals surface area contributed by atoms with E-state index in [2.05, 4.69) is 5.32 Å². The van der Waals surface area contributed by atoms with Crippen molar-refractivity contribution in [1.29, 1.82) is 10.5 Å². The minimum Gasteiger partial charge on any atom is -0.478 e. The maximum Gasteiger partial charge on any atom is 0.266 e. The van der Waals surface area contributed by atoms with Crippen LogP contribution in [0.15, 0.2) is 48.0 Å². The Morgan fingerprint density at radius 2 is 1.92 bits per heavy atom. The SMILES string of the molecule is Cc1ccc(NC(=O)/C(C#N)=C/c2ccccc2OCC#N)cc1C. The summed E-state index contributed by atoms with van der Waals surface area (Å²) in [6.07, 6.45) is 1.45. The van der Waals surface area contributed by atoms with E-state index in [9.17, 15) is 10.1 Å². The molecule has 5 nitrogen and oxygen atoms in total. The Kier molecular flexibility index (Phi) is 5.92. The second kappa shape index (κ2) is 8.33. The number of nitrogens with zero attached hydrogens (tertiary/aromatic N) is 2. The maximum absolute atomic E-state index is 12.4. The van der Waals surface area contributed by atoms with Crippen molar-refractivity contribution in [3.63, 3.8) is 0 Å². The van der Waals surface area contributed by atoms with E-state index in [0.29, 0.717) is 17.0 Å². The van der Waals surface area contributed by atoms with Gasteiger partial charge in [-0.25, -0.2) is 0 Å². The molecule has 0 aromatic heterocycles. The van der Waals surface area contributed by atoms with Crippen molar-refractivity contribution < 1.29 is 9.53 Å². The van der Waals surface area contributed by atoms with Gasteiger partial charge in [0.1, 0.15) is 23.5 Å². The molecule has 124 valence electrons. The number of carbonyl (C=O) groups is 1. The molecule has 0 atom stereocenters. The number of ether oxygens (including phenoxy) is 1. The van der Waals surface area contributed by atoms with E-state index >= 15 is 0 Å². The fourth-order valence-electron chi connectivity index (χ4n) is 2.16. The van der Waals surface area contributed by atoms with Crippen LogP contribution in [0, 0.1) is 36.5 Å². The third kappa shape index (κ3) is 4.70. The summed E-state index contributed by atoms with van der Waals surface area (Å²) in [5.74, 6) is -0.0587. The molecule has 2 rings (SSSR count). The summed E-state index contributed by atoms with van der Waals surface area (Å²) in [4.78, 5) is 12.4. The molecule has 0 unspecified atom stereocenters. The molecular weight excluding hydrogens is 314 g/mol. The summed E-state index contributed by atoms with van der Waals surface area (Å²) in [7, 11) is 0. The molecule has 0 bridgehead atoms. The van der Waals surface area contributed by atoms with Crippen LogP contribution in [0.1, 0.15) is 16.7 Å². The molecule has 5 heteroatoms. The van der Waals surface area contributed by atoms with Gasteiger partial charge >= 0.3 is 0 Å². The van der Waals surface area contributed by atoms with Crippen LogP contribution in [-0.2, 0) is 4.79 Å². The van der Waals surface area contributed by atoms with Gasteiger partial charge in [0.05, 0.1) is 0 Å². The van der Waals surface area contributed by atoms with E-state index in [0.717, 1.165) is 11.1 Å². The standard InChI is InChI=1S/C20H17N3O2/c1-14-7-8-18(11-15(14)2)23-20(24)17(13-22)12-16-5-3-4-6-19(16)25-10-9-21/h3-8,11-12H,10H2,1-2H3,(H,23,24)/b17-12+. The zero-order valence-corrected chi connectivity index (χ0v) is 14.0. The van der Waals surface area contributed by atoms with Gasteiger partial charge < -0.3 is 10.1 Å². The quantitative estimate of drug-likeness (QED) is 0.668. The number of benzene rings is 2. The molecule has 2 aromatic carbocycles. The monoisotopic (exact) mass is 331 g/mol. The number of amides is 1. The number of anilines is 1. The van der Waals surface area contributed by atoms with E-state index in [-0.39, 0.29) is 12.2 Å². The van der Waals surface area contributed by atoms with Gasteiger partial charge in [-0.05, 0) is 49.2 Å². The molecule has 1 amide bonds. The molecule has 1 N–H and O–H groups in total. The normalized spacial score (nSPS) is 10.5. The highest BCUT2D eigenvalue weighted by Crippen LogP contribution is 2.22. The third-order valence-electron chi connectivity index (χ3n) is 3.64. The van der Waals surface area contributed by atoms with E-state index in [1.54, 1.807) is 30.3 Å². The molecular formula is C20H17N3O2. The number of rotatable bonds is 5. The average Bonchev–Trinajstić information content (AvgIpc) is 2.61. The zero-order chi connectivity index (χ0) is 18.2. The smallest absolute Gasteiger partial charge is 0.266 e. The number of nitrogens with one attached hydrogen (secondary N) is 1. The summed E-state index contributed by atoms with van der Waals surface area (Å²) in [6, 6.07) is 16.3. The van der Waals surface area contributed by atoms with Crippen molar-refractivity contribution in [2.75, 3.05) is 11.9 Å². The van der Waals surface area contributed by atoms with E-state index < -0.39 is 5.91 Å². The highest BCUT2D eigenvalue weighted by Gasteiger charge is 2.11. The van der Waals surface area contributed by atoms with Crippen molar-refractivity contribution in [1.82, 2.24) is 0 Å². The highest BCUT2D eigenvalue weighted by atomic mass is 16.5. The highest BCUT2D eigenvalue weighted by molar-refractivity contribution is 6.09. The molecule has 0 aliphatic rings. The van der Waals surface area contributed by atoms with Gasteiger partial charge in [-0.15, -0.1) is 0 Å². The van der Waals surface area contributed by atoms with Gasteiger partial charge in [0.2, 0.25) is 0 Å². The lowest BCUT2D eigenvalue weighted by atomic mass is 10.1. The van der Waals surface area contributed by atoms with Gasteiger partial charge in [-0.1, -0.05) is 24.3 Å². The second-order valence-electron chi connectivity index (χ2n) is 5.41. The number of nitriles is 2. The fourth-order valence-corrected chi connectivity index (χ4v) is 2.16. The topological polar surface area (TPSA) is 85.9 Å². The summed E-state index contributed by atoms with van der Waals surface area (Å²) in [6.45, 7) is 3.83. The first-order valence-electron chi connectivity index (χ1n) is 7.64. The Labute approximate surface area is 146 Å². The van der Waals surface area contributed by atoms with Gasteiger partial charge in [0.15, 0.2) is 6.61 Å². The third-order valence-corrected chi connectivity index (χ3v) is 3.64. The van der Waals surface area contributed by atoms with Gasteiger partial charge in [-0.2, -0.15) is 10.5 Å². The van der Waals surface area contributed by atoms with Crippen molar-refractivity contribution in [3.8, 4) is 17.9 Å². The van der Waals surface area contributed by atoms with Crippen LogP contribution in [0.25, 0.3) is 6.08 Å². The molecule has 0 aliphatic carbocycles. The van der Waals surface area contributed by atoms with Crippen molar-refractivity contribution in [2.45, 2.75) is 13.8 Å². The second-order valence-corrected chi connectivity index (χ2v) is 5.41. The average molecular weight is 331 g/mol. The Balaban J connectivity index is 2.25. The van der Waals surface area contributed by atoms with Crippen LogP contribution in [0.2, 0.25) is 0 Å². The molecule has 0 heterocycles. The first-order chi connectivity index (χ1) is 12.0. The molecule has 0 fully saturated rings. The molecule has 25 heavy (non-hydrogen) atoms. The zero-order valence-electron chi connectivity index (χ0n) is 14.0. The van der Waals surface area contributed by atoms with Crippen LogP contribution in [0.4, 0.5) is 5.69 Å². The lowest BCUT2D eigenvalue weighted by Gasteiger charge is -2.08. The number of para-hydroxylation sites is 1. The lowest BCUT2D eigenvalue weighted by molar-refractivity contribution is -0.112. The molecule has 0 spiro atoms. The van der Waals surface area contributed by atoms with E-state index in [4.69, 9.17) is 10.00 Å². The predicted octanol–water partition coefficient (Wildman–Crippen LogP) is 3.75. The van der Waals surface area contributed by atoms with Crippen LogP contribution < -0.4 is 10.1 Å². The predicted molar refractivity (Wildman–Crippen MR) is 95.7 cm³/mol. The summed E-state index contributed by atoms with van der Waals surface area (Å²) >= 11 is 0. The van der Waals surface area contributed by atoms with Gasteiger partial charge in [-0.3, -0.25) is 4.79 Å². The van der Waals surface area contributed by atoms with Crippen molar-refractivity contribution in [2.24, 2.45) is 0 Å². The van der Waals surface area contributed by atoms with Crippen molar-refractivity contribution >= 4 is 17.7 Å². The largest absolute Gasteiger partial charge is 0.478 e. The molecule has 0 radical (unpaired) electrons. The fraction of sp³-hybridized carbons (Fsp3) is 0.150. The molecule has 0 saturated heterocycles. The Hall–Kier alpha value is -3.57. The number of hydrogen-bond donors (Lipinski definition) is 1. The Morgan fingerprint density at radius 3 is 2.60 bits per heavy atom. The summed E-state index contributed by atoms with van der Waals surface area (Å²) < 4.78 is 5.31. The summed E-state index contributed by atoms with van der Waals surface area (Å²) in [5, 5.41) is 20.7. The molecule has 0 saturated carbocycles. The Bertz CT molecular complexity index is 902. The molecule has 2 aromatic rings. The molecule has 0 aliphatic heterocycles. The number of carbonyl (C=O) groups excluding carboxylic acids is 1. The maximum atomic E-state index is 12.4. The summed E-state index contributed by atoms with van der Waals surface area (Å²) in [5.41, 5.74) is 3.31. The number of aryl methyl sites for hydroxylation is 2. The van der Waals surface area contributed by atoms with Gasteiger partial charge in [0, 0.05) is 11.3 Å². The van der Waals surface area contributed by atoms with Crippen molar-refractivity contribution in [3.05, 3.63) is 64.7 Å². The minimum absolute atomic E-state index is 0.0498. The van der Waals surface area contributed by atoms with Crippen LogP contribution in [0.3, 0.4) is 0 Å². The van der Waals surface area contributed by atoms with Gasteiger partial charge in [0.25, 0.3) is 5.91 Å².